The standard InChI is InChI=1S/C16H21FN2O5S/c17-15-4-3-13(25(21,22)19-5-8-23-9-6-19)10-14(15)16(20)18-11-12-2-1-7-24-12/h3-4,10,12H,1-2,5-9,11H2,(H,18,20). The molecule has 9 heteroatoms. The summed E-state index contributed by atoms with van der Waals surface area (Å²) < 4.78 is 51.1. The fourth-order valence-electron chi connectivity index (χ4n) is 2.88. The Hall–Kier alpha value is -1.55. The molecular weight excluding hydrogens is 351 g/mol. The van der Waals surface area contributed by atoms with Crippen molar-refractivity contribution >= 4 is 15.9 Å². The van der Waals surface area contributed by atoms with Gasteiger partial charge in [-0.3, -0.25) is 4.79 Å². The lowest BCUT2D eigenvalue weighted by Crippen LogP contribution is -2.40. The van der Waals surface area contributed by atoms with Crippen LogP contribution < -0.4 is 5.32 Å². The quantitative estimate of drug-likeness (QED) is 0.825. The van der Waals surface area contributed by atoms with Crippen LogP contribution in [0.25, 0.3) is 0 Å². The van der Waals surface area contributed by atoms with Gasteiger partial charge in [0.1, 0.15) is 5.82 Å². The first kappa shape index (κ1) is 18.2. The lowest BCUT2D eigenvalue weighted by molar-refractivity contribution is 0.0730. The first-order chi connectivity index (χ1) is 12.0. The molecule has 0 radical (unpaired) electrons. The monoisotopic (exact) mass is 372 g/mol. The summed E-state index contributed by atoms with van der Waals surface area (Å²) in [6.45, 7) is 2.03. The molecule has 1 unspecified atom stereocenters. The summed E-state index contributed by atoms with van der Waals surface area (Å²) in [5, 5.41) is 2.61. The average Bonchev–Trinajstić information content (AvgIpc) is 3.14. The molecule has 0 saturated carbocycles. The smallest absolute Gasteiger partial charge is 0.254 e. The summed E-state index contributed by atoms with van der Waals surface area (Å²) in [6.07, 6.45) is 1.70. The van der Waals surface area contributed by atoms with Crippen molar-refractivity contribution < 1.29 is 27.1 Å². The zero-order valence-corrected chi connectivity index (χ0v) is 14.6. The van der Waals surface area contributed by atoms with E-state index < -0.39 is 21.7 Å². The number of hydrogen-bond acceptors (Lipinski definition) is 5. The zero-order chi connectivity index (χ0) is 17.9. The molecule has 0 aliphatic carbocycles. The molecule has 0 aromatic heterocycles. The summed E-state index contributed by atoms with van der Waals surface area (Å²) in [5.74, 6) is -1.40. The van der Waals surface area contributed by atoms with E-state index >= 15 is 0 Å². The molecule has 25 heavy (non-hydrogen) atoms. The predicted octanol–water partition coefficient (Wildman–Crippen LogP) is 0.755. The minimum Gasteiger partial charge on any atom is -0.379 e. The van der Waals surface area contributed by atoms with E-state index in [4.69, 9.17) is 9.47 Å². The van der Waals surface area contributed by atoms with Crippen molar-refractivity contribution in [3.8, 4) is 0 Å². The van der Waals surface area contributed by atoms with E-state index in [0.29, 0.717) is 19.8 Å². The van der Waals surface area contributed by atoms with Crippen molar-refractivity contribution in [2.24, 2.45) is 0 Å². The van der Waals surface area contributed by atoms with E-state index in [1.165, 1.54) is 10.4 Å². The Labute approximate surface area is 146 Å². The van der Waals surface area contributed by atoms with Crippen LogP contribution in [0, 0.1) is 5.82 Å². The molecule has 2 aliphatic heterocycles. The van der Waals surface area contributed by atoms with E-state index in [-0.39, 0.29) is 36.2 Å². The second-order valence-corrected chi connectivity index (χ2v) is 7.94. The third-order valence-corrected chi connectivity index (χ3v) is 6.20. The number of sulfonamides is 1. The van der Waals surface area contributed by atoms with Crippen LogP contribution in [0.15, 0.2) is 23.1 Å². The number of nitrogens with zero attached hydrogens (tertiary/aromatic N) is 1. The van der Waals surface area contributed by atoms with Gasteiger partial charge >= 0.3 is 0 Å². The Morgan fingerprint density at radius 3 is 2.72 bits per heavy atom. The minimum absolute atomic E-state index is 0.0766. The largest absolute Gasteiger partial charge is 0.379 e. The minimum atomic E-state index is -3.78. The zero-order valence-electron chi connectivity index (χ0n) is 13.7. The number of ether oxygens (including phenoxy) is 2. The molecule has 1 amide bonds. The van der Waals surface area contributed by atoms with Crippen molar-refractivity contribution in [3.05, 3.63) is 29.6 Å². The fourth-order valence-corrected chi connectivity index (χ4v) is 4.32. The molecule has 2 aliphatic rings. The molecule has 1 atom stereocenters. The molecule has 1 aromatic carbocycles. The molecule has 2 saturated heterocycles. The van der Waals surface area contributed by atoms with Crippen LogP contribution in [-0.2, 0) is 19.5 Å². The van der Waals surface area contributed by atoms with Crippen LogP contribution in [0.4, 0.5) is 4.39 Å². The highest BCUT2D eigenvalue weighted by atomic mass is 32.2. The maximum Gasteiger partial charge on any atom is 0.254 e. The molecule has 2 fully saturated rings. The maximum absolute atomic E-state index is 14.0. The number of rotatable bonds is 5. The number of morpholine rings is 1. The fraction of sp³-hybridized carbons (Fsp3) is 0.562. The van der Waals surface area contributed by atoms with Crippen LogP contribution in [0.3, 0.4) is 0 Å². The molecule has 0 bridgehead atoms. The number of carbonyl (C=O) groups is 1. The molecule has 3 rings (SSSR count). The molecular formula is C16H21FN2O5S. The Bertz CT molecular complexity index is 728. The number of carbonyl (C=O) groups excluding carboxylic acids is 1. The van der Waals surface area contributed by atoms with Crippen LogP contribution in [0.2, 0.25) is 0 Å². The van der Waals surface area contributed by atoms with E-state index in [1.807, 2.05) is 0 Å². The van der Waals surface area contributed by atoms with E-state index in [2.05, 4.69) is 5.32 Å². The van der Waals surface area contributed by atoms with Crippen LogP contribution >= 0.6 is 0 Å². The lowest BCUT2D eigenvalue weighted by Gasteiger charge is -2.26. The number of amides is 1. The van der Waals surface area contributed by atoms with Crippen molar-refractivity contribution in [1.82, 2.24) is 9.62 Å². The van der Waals surface area contributed by atoms with E-state index in [1.54, 1.807) is 0 Å². The van der Waals surface area contributed by atoms with Gasteiger partial charge in [0.05, 0.1) is 29.8 Å². The van der Waals surface area contributed by atoms with Gasteiger partial charge in [0.15, 0.2) is 0 Å². The number of nitrogens with one attached hydrogen (secondary N) is 1. The Kier molecular flexibility index (Phi) is 5.67. The van der Waals surface area contributed by atoms with Crippen LogP contribution in [-0.4, -0.2) is 64.2 Å². The second kappa shape index (κ2) is 7.77. The van der Waals surface area contributed by atoms with Crippen LogP contribution in [0.5, 0.6) is 0 Å². The highest BCUT2D eigenvalue weighted by molar-refractivity contribution is 7.89. The Balaban J connectivity index is 1.76. The van der Waals surface area contributed by atoms with Gasteiger partial charge in [-0.1, -0.05) is 0 Å². The first-order valence-corrected chi connectivity index (χ1v) is 9.70. The SMILES string of the molecule is O=C(NCC1CCCO1)c1cc(S(=O)(=O)N2CCOCC2)ccc1F. The van der Waals surface area contributed by atoms with Crippen LogP contribution in [0.1, 0.15) is 23.2 Å². The topological polar surface area (TPSA) is 84.9 Å². The third-order valence-electron chi connectivity index (χ3n) is 4.30. The molecule has 138 valence electrons. The molecule has 1 aromatic rings. The lowest BCUT2D eigenvalue weighted by atomic mass is 10.2. The molecule has 7 nitrogen and oxygen atoms in total. The normalized spacial score (nSPS) is 22.0. The van der Waals surface area contributed by atoms with Gasteiger partial charge in [-0.2, -0.15) is 4.31 Å². The summed E-state index contributed by atoms with van der Waals surface area (Å²) in [6, 6.07) is 3.27. The molecule has 0 spiro atoms. The highest BCUT2D eigenvalue weighted by Gasteiger charge is 2.28. The van der Waals surface area contributed by atoms with Crippen molar-refractivity contribution in [2.75, 3.05) is 39.5 Å². The molecule has 1 N–H and O–H groups in total. The summed E-state index contributed by atoms with van der Waals surface area (Å²) in [7, 11) is -3.78. The van der Waals surface area contributed by atoms with E-state index in [0.717, 1.165) is 25.0 Å². The summed E-state index contributed by atoms with van der Waals surface area (Å²) in [4.78, 5) is 12.1. The van der Waals surface area contributed by atoms with Gasteiger partial charge in [-0.15, -0.1) is 0 Å². The highest BCUT2D eigenvalue weighted by Crippen LogP contribution is 2.20. The first-order valence-electron chi connectivity index (χ1n) is 8.26. The van der Waals surface area contributed by atoms with Crippen molar-refractivity contribution in [1.29, 1.82) is 0 Å². The van der Waals surface area contributed by atoms with Gasteiger partial charge in [0.25, 0.3) is 5.91 Å². The number of benzene rings is 1. The van der Waals surface area contributed by atoms with Gasteiger partial charge in [-0.25, -0.2) is 12.8 Å². The van der Waals surface area contributed by atoms with Crippen molar-refractivity contribution in [2.45, 2.75) is 23.8 Å². The number of halogens is 1. The molecule has 2 heterocycles. The van der Waals surface area contributed by atoms with E-state index in [9.17, 15) is 17.6 Å². The third kappa shape index (κ3) is 4.17. The predicted molar refractivity (Wildman–Crippen MR) is 87.3 cm³/mol. The maximum atomic E-state index is 14.0. The summed E-state index contributed by atoms with van der Waals surface area (Å²) in [5.41, 5.74) is -0.285. The second-order valence-electron chi connectivity index (χ2n) is 6.00. The summed E-state index contributed by atoms with van der Waals surface area (Å²) >= 11 is 0. The van der Waals surface area contributed by atoms with Crippen molar-refractivity contribution in [3.63, 3.8) is 0 Å². The Morgan fingerprint density at radius 1 is 1.28 bits per heavy atom. The van der Waals surface area contributed by atoms with Gasteiger partial charge < -0.3 is 14.8 Å². The van der Waals surface area contributed by atoms with Gasteiger partial charge in [0.2, 0.25) is 10.0 Å². The Morgan fingerprint density at radius 2 is 2.04 bits per heavy atom. The van der Waals surface area contributed by atoms with Gasteiger partial charge in [0, 0.05) is 26.2 Å². The van der Waals surface area contributed by atoms with Gasteiger partial charge in [-0.05, 0) is 31.0 Å². The average molecular weight is 372 g/mol. The number of hydrogen-bond donors (Lipinski definition) is 1.